The number of carbonyl (C=O) groups is 1. The van der Waals surface area contributed by atoms with Crippen LogP contribution in [-0.2, 0) is 17.8 Å². The van der Waals surface area contributed by atoms with E-state index < -0.39 is 0 Å². The van der Waals surface area contributed by atoms with Gasteiger partial charge in [-0.2, -0.15) is 0 Å². The molecular weight excluding hydrogens is 230 g/mol. The minimum Gasteiger partial charge on any atom is -0.454 e. The van der Waals surface area contributed by atoms with Crippen LogP contribution in [0.3, 0.4) is 0 Å². The van der Waals surface area contributed by atoms with Crippen molar-refractivity contribution in [3.63, 3.8) is 0 Å². The average molecular weight is 247 g/mol. The normalized spacial score (nSPS) is 21.8. The molecule has 4 nitrogen and oxygen atoms in total. The van der Waals surface area contributed by atoms with E-state index in [2.05, 4.69) is 6.92 Å². The van der Waals surface area contributed by atoms with E-state index >= 15 is 0 Å². The summed E-state index contributed by atoms with van der Waals surface area (Å²) in [6.45, 7) is 3.01. The summed E-state index contributed by atoms with van der Waals surface area (Å²) in [5.74, 6) is 1.91. The summed E-state index contributed by atoms with van der Waals surface area (Å²) >= 11 is 0. The fourth-order valence-electron chi connectivity index (χ4n) is 2.68. The van der Waals surface area contributed by atoms with E-state index in [1.165, 1.54) is 11.1 Å². The molecule has 1 amide bonds. The Balaban J connectivity index is 2.03. The van der Waals surface area contributed by atoms with Crippen LogP contribution in [-0.4, -0.2) is 24.6 Å². The van der Waals surface area contributed by atoms with Crippen LogP contribution in [0.2, 0.25) is 0 Å². The van der Waals surface area contributed by atoms with E-state index in [9.17, 15) is 4.79 Å². The zero-order valence-electron chi connectivity index (χ0n) is 10.7. The molecule has 0 N–H and O–H groups in total. The Hall–Kier alpha value is -1.71. The van der Waals surface area contributed by atoms with Crippen molar-refractivity contribution < 1.29 is 14.3 Å². The van der Waals surface area contributed by atoms with Gasteiger partial charge in [-0.05, 0) is 36.1 Å². The van der Waals surface area contributed by atoms with Gasteiger partial charge in [-0.25, -0.2) is 0 Å². The lowest BCUT2D eigenvalue weighted by atomic mass is 9.94. The Morgan fingerprint density at radius 2 is 1.94 bits per heavy atom. The maximum atomic E-state index is 12.2. The van der Waals surface area contributed by atoms with Crippen LogP contribution < -0.4 is 9.47 Å². The molecule has 18 heavy (non-hydrogen) atoms. The molecule has 0 spiro atoms. The molecule has 4 heteroatoms. The Kier molecular flexibility index (Phi) is 2.65. The molecule has 2 aliphatic heterocycles. The predicted molar refractivity (Wildman–Crippen MR) is 66.5 cm³/mol. The van der Waals surface area contributed by atoms with E-state index in [4.69, 9.17) is 9.47 Å². The van der Waals surface area contributed by atoms with E-state index in [0.717, 1.165) is 24.3 Å². The first-order chi connectivity index (χ1) is 8.69. The second kappa shape index (κ2) is 4.19. The van der Waals surface area contributed by atoms with Gasteiger partial charge in [0.25, 0.3) is 0 Å². The molecular formula is C14H17NO3. The quantitative estimate of drug-likeness (QED) is 0.761. The SMILES string of the molecule is CCC1Cc2cc3c(cc2CN(C)C1=O)OCO3. The Labute approximate surface area is 106 Å². The maximum absolute atomic E-state index is 12.2. The molecule has 2 aliphatic rings. The number of carbonyl (C=O) groups excluding carboxylic acids is 1. The summed E-state index contributed by atoms with van der Waals surface area (Å²) < 4.78 is 10.8. The van der Waals surface area contributed by atoms with Gasteiger partial charge in [0.1, 0.15) is 0 Å². The lowest BCUT2D eigenvalue weighted by Gasteiger charge is -2.18. The number of benzene rings is 1. The third kappa shape index (κ3) is 1.72. The largest absolute Gasteiger partial charge is 0.454 e. The van der Waals surface area contributed by atoms with E-state index in [-0.39, 0.29) is 11.8 Å². The second-order valence-electron chi connectivity index (χ2n) is 4.98. The van der Waals surface area contributed by atoms with Gasteiger partial charge in [-0.1, -0.05) is 6.92 Å². The summed E-state index contributed by atoms with van der Waals surface area (Å²) in [5, 5.41) is 0. The standard InChI is InChI=1S/C14H17NO3/c1-3-9-4-10-5-12-13(18-8-17-12)6-11(10)7-15(2)14(9)16/h5-6,9H,3-4,7-8H2,1-2H3. The first-order valence-electron chi connectivity index (χ1n) is 6.35. The fraction of sp³-hybridized carbons (Fsp3) is 0.500. The van der Waals surface area contributed by atoms with Crippen molar-refractivity contribution in [2.75, 3.05) is 13.8 Å². The summed E-state index contributed by atoms with van der Waals surface area (Å²) in [6.07, 6.45) is 1.67. The molecule has 0 bridgehead atoms. The lowest BCUT2D eigenvalue weighted by molar-refractivity contribution is -0.134. The van der Waals surface area contributed by atoms with E-state index in [0.29, 0.717) is 13.3 Å². The van der Waals surface area contributed by atoms with Gasteiger partial charge in [0, 0.05) is 19.5 Å². The first kappa shape index (κ1) is 11.4. The Morgan fingerprint density at radius 3 is 2.61 bits per heavy atom. The first-order valence-corrected chi connectivity index (χ1v) is 6.35. The molecule has 0 aliphatic carbocycles. The number of nitrogens with zero attached hydrogens (tertiary/aromatic N) is 1. The molecule has 0 saturated heterocycles. The average Bonchev–Trinajstić information content (AvgIpc) is 2.77. The van der Waals surface area contributed by atoms with Crippen LogP contribution in [0.5, 0.6) is 11.5 Å². The van der Waals surface area contributed by atoms with Gasteiger partial charge in [0.15, 0.2) is 11.5 Å². The molecule has 1 unspecified atom stereocenters. The predicted octanol–water partition coefficient (Wildman–Crippen LogP) is 1.96. The fourth-order valence-corrected chi connectivity index (χ4v) is 2.68. The molecule has 3 rings (SSSR count). The Morgan fingerprint density at radius 1 is 1.28 bits per heavy atom. The van der Waals surface area contributed by atoms with Crippen LogP contribution in [0, 0.1) is 5.92 Å². The van der Waals surface area contributed by atoms with Crippen LogP contribution in [0.4, 0.5) is 0 Å². The van der Waals surface area contributed by atoms with E-state index in [1.807, 2.05) is 24.1 Å². The molecule has 0 saturated carbocycles. The van der Waals surface area contributed by atoms with Crippen LogP contribution in [0.15, 0.2) is 12.1 Å². The number of hydrogen-bond acceptors (Lipinski definition) is 3. The van der Waals surface area contributed by atoms with Gasteiger partial charge >= 0.3 is 0 Å². The molecule has 1 atom stereocenters. The maximum Gasteiger partial charge on any atom is 0.231 e. The number of amides is 1. The van der Waals surface area contributed by atoms with Crippen molar-refractivity contribution in [2.45, 2.75) is 26.3 Å². The number of fused-ring (bicyclic) bond motifs is 2. The lowest BCUT2D eigenvalue weighted by Crippen LogP contribution is -2.30. The number of ether oxygens (including phenoxy) is 2. The summed E-state index contributed by atoms with van der Waals surface area (Å²) in [6, 6.07) is 4.05. The number of rotatable bonds is 1. The third-order valence-electron chi connectivity index (χ3n) is 3.79. The summed E-state index contributed by atoms with van der Waals surface area (Å²) in [5.41, 5.74) is 2.38. The zero-order chi connectivity index (χ0) is 12.7. The van der Waals surface area contributed by atoms with Crippen molar-refractivity contribution in [3.05, 3.63) is 23.3 Å². The van der Waals surface area contributed by atoms with Crippen molar-refractivity contribution in [2.24, 2.45) is 5.92 Å². The van der Waals surface area contributed by atoms with Crippen molar-refractivity contribution in [3.8, 4) is 11.5 Å². The van der Waals surface area contributed by atoms with Crippen LogP contribution in [0.1, 0.15) is 24.5 Å². The summed E-state index contributed by atoms with van der Waals surface area (Å²) in [4.78, 5) is 14.0. The van der Waals surface area contributed by atoms with Crippen molar-refractivity contribution >= 4 is 5.91 Å². The molecule has 1 aromatic carbocycles. The van der Waals surface area contributed by atoms with Crippen molar-refractivity contribution in [1.29, 1.82) is 0 Å². The number of hydrogen-bond donors (Lipinski definition) is 0. The van der Waals surface area contributed by atoms with E-state index in [1.54, 1.807) is 0 Å². The highest BCUT2D eigenvalue weighted by molar-refractivity contribution is 5.79. The highest BCUT2D eigenvalue weighted by atomic mass is 16.7. The van der Waals surface area contributed by atoms with Gasteiger partial charge < -0.3 is 14.4 Å². The van der Waals surface area contributed by atoms with Gasteiger partial charge in [-0.15, -0.1) is 0 Å². The van der Waals surface area contributed by atoms with Gasteiger partial charge in [-0.3, -0.25) is 4.79 Å². The summed E-state index contributed by atoms with van der Waals surface area (Å²) in [7, 11) is 1.87. The second-order valence-corrected chi connectivity index (χ2v) is 4.98. The topological polar surface area (TPSA) is 38.8 Å². The molecule has 2 heterocycles. The molecule has 0 fully saturated rings. The van der Waals surface area contributed by atoms with Gasteiger partial charge in [0.05, 0.1) is 0 Å². The van der Waals surface area contributed by atoms with Gasteiger partial charge in [0.2, 0.25) is 12.7 Å². The van der Waals surface area contributed by atoms with Crippen molar-refractivity contribution in [1.82, 2.24) is 4.90 Å². The monoisotopic (exact) mass is 247 g/mol. The third-order valence-corrected chi connectivity index (χ3v) is 3.79. The molecule has 0 radical (unpaired) electrons. The Bertz CT molecular complexity index is 498. The van der Waals surface area contributed by atoms with Crippen LogP contribution in [0.25, 0.3) is 0 Å². The molecule has 0 aromatic heterocycles. The van der Waals surface area contributed by atoms with Crippen LogP contribution >= 0.6 is 0 Å². The molecule has 1 aromatic rings. The smallest absolute Gasteiger partial charge is 0.231 e. The highest BCUT2D eigenvalue weighted by Crippen LogP contribution is 2.37. The molecule has 96 valence electrons. The minimum atomic E-state index is 0.0802. The highest BCUT2D eigenvalue weighted by Gasteiger charge is 2.28. The minimum absolute atomic E-state index is 0.0802. The zero-order valence-corrected chi connectivity index (χ0v) is 10.7.